The maximum absolute atomic E-state index is 11.3. The van der Waals surface area contributed by atoms with Crippen LogP contribution in [0.1, 0.15) is 13.8 Å². The van der Waals surface area contributed by atoms with Gasteiger partial charge in [-0.1, -0.05) is 30.3 Å². The Balaban J connectivity index is 1.84. The molecule has 6 heteroatoms. The standard InChI is InChI=1S/C23H24N2O3S/c1-23(2,22(26)27)29-18-12-10-17(11-13-18)25(3)20-15-14-19(24-21(20)28-4)16-8-6-5-7-9-16/h5-15H,1-4H3,(H,26,27). The number of hydrogen-bond donors (Lipinski definition) is 1. The molecule has 0 spiro atoms. The first-order chi connectivity index (χ1) is 13.8. The first-order valence-corrected chi connectivity index (χ1v) is 10.00. The molecule has 150 valence electrons. The van der Waals surface area contributed by atoms with Crippen LogP contribution in [0.15, 0.2) is 71.6 Å². The van der Waals surface area contributed by atoms with Gasteiger partial charge < -0.3 is 14.7 Å². The van der Waals surface area contributed by atoms with Crippen LogP contribution in [0.4, 0.5) is 11.4 Å². The summed E-state index contributed by atoms with van der Waals surface area (Å²) in [7, 11) is 3.56. The van der Waals surface area contributed by atoms with Crippen LogP contribution in [0.2, 0.25) is 0 Å². The maximum Gasteiger partial charge on any atom is 0.319 e. The summed E-state index contributed by atoms with van der Waals surface area (Å²) in [5.41, 5.74) is 3.68. The van der Waals surface area contributed by atoms with Crippen LogP contribution in [0.25, 0.3) is 11.3 Å². The van der Waals surface area contributed by atoms with E-state index in [1.54, 1.807) is 21.0 Å². The zero-order valence-electron chi connectivity index (χ0n) is 16.9. The Labute approximate surface area is 175 Å². The number of anilines is 2. The average molecular weight is 409 g/mol. The van der Waals surface area contributed by atoms with Gasteiger partial charge in [-0.05, 0) is 50.2 Å². The molecule has 0 saturated heterocycles. The monoisotopic (exact) mass is 408 g/mol. The fourth-order valence-electron chi connectivity index (χ4n) is 2.82. The molecule has 5 nitrogen and oxygen atoms in total. The number of carboxylic acids is 1. The molecule has 2 aromatic carbocycles. The zero-order chi connectivity index (χ0) is 21.0. The molecule has 1 heterocycles. The SMILES string of the molecule is COc1nc(-c2ccccc2)ccc1N(C)c1ccc(SC(C)(C)C(=O)O)cc1. The van der Waals surface area contributed by atoms with Gasteiger partial charge in [0.1, 0.15) is 10.4 Å². The van der Waals surface area contributed by atoms with E-state index in [9.17, 15) is 9.90 Å². The molecule has 0 bridgehead atoms. The van der Waals surface area contributed by atoms with Crippen molar-refractivity contribution in [1.29, 1.82) is 0 Å². The number of carboxylic acid groups (broad SMARTS) is 1. The lowest BCUT2D eigenvalue weighted by molar-refractivity contribution is -0.138. The van der Waals surface area contributed by atoms with E-state index in [1.165, 1.54) is 11.8 Å². The second-order valence-corrected chi connectivity index (χ2v) is 8.76. The minimum atomic E-state index is -0.881. The van der Waals surface area contributed by atoms with E-state index < -0.39 is 10.7 Å². The number of rotatable bonds is 7. The van der Waals surface area contributed by atoms with Gasteiger partial charge in [0, 0.05) is 23.2 Å². The number of aromatic nitrogens is 1. The summed E-state index contributed by atoms with van der Waals surface area (Å²) in [5.74, 6) is -0.294. The van der Waals surface area contributed by atoms with E-state index in [0.29, 0.717) is 5.88 Å². The van der Waals surface area contributed by atoms with E-state index in [2.05, 4.69) is 4.98 Å². The van der Waals surface area contributed by atoms with Crippen LogP contribution in [-0.4, -0.2) is 35.0 Å². The molecule has 0 fully saturated rings. The number of pyridine rings is 1. The molecule has 1 aromatic heterocycles. The van der Waals surface area contributed by atoms with Crippen LogP contribution in [-0.2, 0) is 4.79 Å². The number of thioether (sulfide) groups is 1. The van der Waals surface area contributed by atoms with Crippen LogP contribution in [0, 0.1) is 0 Å². The highest BCUT2D eigenvalue weighted by molar-refractivity contribution is 8.01. The number of methoxy groups -OCH3 is 1. The quantitative estimate of drug-likeness (QED) is 0.522. The summed E-state index contributed by atoms with van der Waals surface area (Å²) in [4.78, 5) is 18.9. The molecular formula is C23H24N2O3S. The largest absolute Gasteiger partial charge is 0.480 e. The van der Waals surface area contributed by atoms with Crippen LogP contribution in [0.3, 0.4) is 0 Å². The molecule has 29 heavy (non-hydrogen) atoms. The van der Waals surface area contributed by atoms with Gasteiger partial charge in [-0.15, -0.1) is 11.8 Å². The van der Waals surface area contributed by atoms with Gasteiger partial charge in [0.05, 0.1) is 12.8 Å². The fraction of sp³-hybridized carbons (Fsp3) is 0.217. The highest BCUT2D eigenvalue weighted by Crippen LogP contribution is 2.36. The lowest BCUT2D eigenvalue weighted by Crippen LogP contribution is -2.26. The molecule has 0 aliphatic heterocycles. The number of carbonyl (C=O) groups is 1. The van der Waals surface area contributed by atoms with Crippen molar-refractivity contribution < 1.29 is 14.6 Å². The third kappa shape index (κ3) is 4.71. The Morgan fingerprint density at radius 3 is 2.28 bits per heavy atom. The average Bonchev–Trinajstić information content (AvgIpc) is 2.73. The second-order valence-electron chi connectivity index (χ2n) is 7.06. The lowest BCUT2D eigenvalue weighted by atomic mass is 10.1. The van der Waals surface area contributed by atoms with Crippen LogP contribution in [0.5, 0.6) is 5.88 Å². The van der Waals surface area contributed by atoms with Gasteiger partial charge in [-0.3, -0.25) is 4.79 Å². The summed E-state index contributed by atoms with van der Waals surface area (Å²) in [6.45, 7) is 3.40. The Bertz CT molecular complexity index is 989. The summed E-state index contributed by atoms with van der Waals surface area (Å²) >= 11 is 1.32. The summed E-state index contributed by atoms with van der Waals surface area (Å²) in [6.07, 6.45) is 0. The van der Waals surface area contributed by atoms with Gasteiger partial charge in [0.2, 0.25) is 5.88 Å². The smallest absolute Gasteiger partial charge is 0.319 e. The van der Waals surface area contributed by atoms with Crippen molar-refractivity contribution in [3.8, 4) is 17.1 Å². The number of benzene rings is 2. The fourth-order valence-corrected chi connectivity index (χ4v) is 3.77. The molecule has 0 radical (unpaired) electrons. The highest BCUT2D eigenvalue weighted by atomic mass is 32.2. The minimum absolute atomic E-state index is 0.541. The van der Waals surface area contributed by atoms with Crippen LogP contribution >= 0.6 is 11.8 Å². The summed E-state index contributed by atoms with van der Waals surface area (Å²) in [6, 6.07) is 21.7. The Kier molecular flexibility index (Phi) is 6.13. The molecule has 3 aromatic rings. The third-order valence-electron chi connectivity index (χ3n) is 4.58. The number of nitrogens with zero attached hydrogens (tertiary/aromatic N) is 2. The molecule has 3 rings (SSSR count). The molecule has 0 atom stereocenters. The number of ether oxygens (including phenoxy) is 1. The van der Waals surface area contributed by atoms with Crippen molar-refractivity contribution in [1.82, 2.24) is 4.98 Å². The second kappa shape index (κ2) is 8.57. The molecule has 0 aliphatic rings. The van der Waals surface area contributed by atoms with Crippen molar-refractivity contribution in [2.45, 2.75) is 23.5 Å². The maximum atomic E-state index is 11.3. The molecule has 1 N–H and O–H groups in total. The predicted molar refractivity (Wildman–Crippen MR) is 118 cm³/mol. The van der Waals surface area contributed by atoms with E-state index >= 15 is 0 Å². The topological polar surface area (TPSA) is 62.7 Å². The van der Waals surface area contributed by atoms with E-state index in [4.69, 9.17) is 4.74 Å². The van der Waals surface area contributed by atoms with E-state index in [0.717, 1.165) is 27.5 Å². The molecule has 0 amide bonds. The van der Waals surface area contributed by atoms with Gasteiger partial charge in [-0.2, -0.15) is 0 Å². The lowest BCUT2D eigenvalue weighted by Gasteiger charge is -2.23. The molecule has 0 saturated carbocycles. The third-order valence-corrected chi connectivity index (χ3v) is 5.77. The Morgan fingerprint density at radius 1 is 1.03 bits per heavy atom. The van der Waals surface area contributed by atoms with E-state index in [1.807, 2.05) is 78.7 Å². The highest BCUT2D eigenvalue weighted by Gasteiger charge is 2.28. The van der Waals surface area contributed by atoms with Gasteiger partial charge in [0.25, 0.3) is 0 Å². The van der Waals surface area contributed by atoms with Gasteiger partial charge in [0.15, 0.2) is 0 Å². The predicted octanol–water partition coefficient (Wildman–Crippen LogP) is 5.48. The zero-order valence-corrected chi connectivity index (χ0v) is 17.7. The van der Waals surface area contributed by atoms with Crippen molar-refractivity contribution in [2.75, 3.05) is 19.1 Å². The Hall–Kier alpha value is -2.99. The summed E-state index contributed by atoms with van der Waals surface area (Å²) in [5, 5.41) is 9.31. The van der Waals surface area contributed by atoms with E-state index in [-0.39, 0.29) is 0 Å². The van der Waals surface area contributed by atoms with Crippen molar-refractivity contribution in [3.63, 3.8) is 0 Å². The normalized spacial score (nSPS) is 11.2. The summed E-state index contributed by atoms with van der Waals surface area (Å²) < 4.78 is 4.66. The number of hydrogen-bond acceptors (Lipinski definition) is 5. The van der Waals surface area contributed by atoms with Crippen molar-refractivity contribution >= 4 is 29.1 Å². The first-order valence-electron chi connectivity index (χ1n) is 9.18. The Morgan fingerprint density at radius 2 is 1.69 bits per heavy atom. The molecular weight excluding hydrogens is 384 g/mol. The number of aliphatic carboxylic acids is 1. The first kappa shape index (κ1) is 20.7. The van der Waals surface area contributed by atoms with Gasteiger partial charge >= 0.3 is 5.97 Å². The van der Waals surface area contributed by atoms with Crippen molar-refractivity contribution in [2.24, 2.45) is 0 Å². The van der Waals surface area contributed by atoms with Gasteiger partial charge in [-0.25, -0.2) is 4.98 Å². The molecule has 0 aliphatic carbocycles. The molecule has 0 unspecified atom stereocenters. The van der Waals surface area contributed by atoms with Crippen molar-refractivity contribution in [3.05, 3.63) is 66.7 Å². The van der Waals surface area contributed by atoms with Crippen LogP contribution < -0.4 is 9.64 Å². The minimum Gasteiger partial charge on any atom is -0.480 e.